The molecule has 0 aliphatic carbocycles. The molecule has 3 aromatic heterocycles. The molecule has 1 aromatic carbocycles. The van der Waals surface area contributed by atoms with Gasteiger partial charge in [-0.25, -0.2) is 9.97 Å². The molecule has 0 spiro atoms. The highest BCUT2D eigenvalue weighted by molar-refractivity contribution is 5.85. The molecular formula is C22H23N9. The molecule has 0 N–H and O–H groups in total. The van der Waals surface area contributed by atoms with Crippen LogP contribution < -0.4 is 0 Å². The lowest BCUT2D eigenvalue weighted by atomic mass is 10.1. The topological polar surface area (TPSA) is 89.9 Å². The van der Waals surface area contributed by atoms with Crippen molar-refractivity contribution in [2.45, 2.75) is 31.8 Å². The van der Waals surface area contributed by atoms with E-state index in [2.05, 4.69) is 60.3 Å². The Morgan fingerprint density at radius 3 is 2.94 bits per heavy atom. The quantitative estimate of drug-likeness (QED) is 0.510. The fourth-order valence-corrected chi connectivity index (χ4v) is 4.35. The molecule has 9 nitrogen and oxygen atoms in total. The van der Waals surface area contributed by atoms with Crippen LogP contribution in [0.3, 0.4) is 0 Å². The summed E-state index contributed by atoms with van der Waals surface area (Å²) in [5, 5.41) is 13.2. The zero-order valence-electron chi connectivity index (χ0n) is 17.4. The third-order valence-corrected chi connectivity index (χ3v) is 6.19. The number of hydrogen-bond acceptors (Lipinski definition) is 7. The number of piperidine rings is 1. The van der Waals surface area contributed by atoms with E-state index >= 15 is 0 Å². The smallest absolute Gasteiger partial charge is 0.187 e. The van der Waals surface area contributed by atoms with Gasteiger partial charge in [0.25, 0.3) is 0 Å². The Labute approximate surface area is 179 Å². The van der Waals surface area contributed by atoms with Gasteiger partial charge in [0.15, 0.2) is 11.2 Å². The van der Waals surface area contributed by atoms with Crippen molar-refractivity contribution in [3.63, 3.8) is 0 Å². The standard InChI is InChI=1S/C22H23N9/c1-29-6-4-18(5-7-29)30-14-15(10-25-30)8-21-24-13-20-22(26-21)31(28-27-20)19-3-2-16-11-23-12-17(16)9-19/h2-3,9-10,12-14,18H,4-8,11H2,1H3. The number of aliphatic imine (C=N–C) groups is 1. The van der Waals surface area contributed by atoms with Crippen molar-refractivity contribution in [2.75, 3.05) is 20.1 Å². The number of nitrogens with zero attached hydrogens (tertiary/aromatic N) is 9. The van der Waals surface area contributed by atoms with Gasteiger partial charge in [0, 0.05) is 18.8 Å². The summed E-state index contributed by atoms with van der Waals surface area (Å²) in [7, 11) is 2.17. The molecule has 0 atom stereocenters. The second kappa shape index (κ2) is 7.35. The molecule has 0 radical (unpaired) electrons. The minimum atomic E-state index is 0.474. The summed E-state index contributed by atoms with van der Waals surface area (Å²) >= 11 is 0. The summed E-state index contributed by atoms with van der Waals surface area (Å²) in [6.07, 6.45) is 10.6. The van der Waals surface area contributed by atoms with Gasteiger partial charge in [-0.1, -0.05) is 11.3 Å². The molecule has 1 fully saturated rings. The molecule has 1 saturated heterocycles. The predicted molar refractivity (Wildman–Crippen MR) is 117 cm³/mol. The summed E-state index contributed by atoms with van der Waals surface area (Å²) in [6.45, 7) is 2.97. The molecule has 156 valence electrons. The molecule has 31 heavy (non-hydrogen) atoms. The molecule has 0 bridgehead atoms. The van der Waals surface area contributed by atoms with Crippen LogP contribution in [0.25, 0.3) is 16.9 Å². The minimum Gasteiger partial charge on any atom is -0.306 e. The third-order valence-electron chi connectivity index (χ3n) is 6.19. The van der Waals surface area contributed by atoms with Gasteiger partial charge < -0.3 is 4.90 Å². The largest absolute Gasteiger partial charge is 0.306 e. The second-order valence-corrected chi connectivity index (χ2v) is 8.39. The van der Waals surface area contributed by atoms with Gasteiger partial charge in [0.1, 0.15) is 5.82 Å². The van der Waals surface area contributed by atoms with E-state index in [4.69, 9.17) is 4.98 Å². The number of likely N-dealkylation sites (tertiary alicyclic amines) is 1. The number of benzene rings is 1. The van der Waals surface area contributed by atoms with E-state index in [0.29, 0.717) is 23.6 Å². The molecule has 2 aliphatic rings. The second-order valence-electron chi connectivity index (χ2n) is 8.39. The molecular weight excluding hydrogens is 390 g/mol. The lowest BCUT2D eigenvalue weighted by Crippen LogP contribution is -2.31. The fraction of sp³-hybridized carbons (Fsp3) is 0.364. The van der Waals surface area contributed by atoms with Crippen LogP contribution in [0.5, 0.6) is 0 Å². The summed E-state index contributed by atoms with van der Waals surface area (Å²) in [4.78, 5) is 16.0. The van der Waals surface area contributed by atoms with Gasteiger partial charge in [-0.05, 0) is 61.8 Å². The SMILES string of the molecule is CN1CCC(n2cc(Cc3ncc4nnn(-c5ccc6c(c5)C=NC6)c4n3)cn2)CC1. The van der Waals surface area contributed by atoms with Crippen molar-refractivity contribution in [1.29, 1.82) is 0 Å². The lowest BCUT2D eigenvalue weighted by Gasteiger charge is -2.28. The molecule has 9 heteroatoms. The first kappa shape index (κ1) is 18.3. The van der Waals surface area contributed by atoms with Crippen LogP contribution in [0.1, 0.15) is 41.4 Å². The highest BCUT2D eigenvalue weighted by Gasteiger charge is 2.19. The van der Waals surface area contributed by atoms with E-state index in [1.54, 1.807) is 10.9 Å². The molecule has 2 aliphatic heterocycles. The Balaban J connectivity index is 1.27. The van der Waals surface area contributed by atoms with Gasteiger partial charge in [-0.15, -0.1) is 5.10 Å². The lowest BCUT2D eigenvalue weighted by molar-refractivity contribution is 0.212. The van der Waals surface area contributed by atoms with Gasteiger partial charge in [0.2, 0.25) is 0 Å². The van der Waals surface area contributed by atoms with E-state index in [1.807, 2.05) is 18.5 Å². The maximum atomic E-state index is 4.78. The van der Waals surface area contributed by atoms with Crippen LogP contribution in [-0.2, 0) is 13.0 Å². The summed E-state index contributed by atoms with van der Waals surface area (Å²) in [5.41, 5.74) is 5.78. The fourth-order valence-electron chi connectivity index (χ4n) is 4.35. The average Bonchev–Trinajstić information content (AvgIpc) is 3.53. The zero-order valence-corrected chi connectivity index (χ0v) is 17.4. The summed E-state index contributed by atoms with van der Waals surface area (Å²) in [5.74, 6) is 0.738. The maximum absolute atomic E-state index is 4.78. The van der Waals surface area contributed by atoms with Crippen LogP contribution in [0, 0.1) is 0 Å². The van der Waals surface area contributed by atoms with Crippen LogP contribution in [0.2, 0.25) is 0 Å². The highest BCUT2D eigenvalue weighted by Crippen LogP contribution is 2.23. The average molecular weight is 413 g/mol. The van der Waals surface area contributed by atoms with Crippen molar-refractivity contribution in [3.8, 4) is 5.69 Å². The van der Waals surface area contributed by atoms with Crippen molar-refractivity contribution in [3.05, 3.63) is 59.3 Å². The van der Waals surface area contributed by atoms with Crippen molar-refractivity contribution in [1.82, 2.24) is 39.6 Å². The highest BCUT2D eigenvalue weighted by atomic mass is 15.4. The Bertz CT molecular complexity index is 1280. The first-order valence-corrected chi connectivity index (χ1v) is 10.6. The summed E-state index contributed by atoms with van der Waals surface area (Å²) < 4.78 is 3.88. The third kappa shape index (κ3) is 3.40. The Kier molecular flexibility index (Phi) is 4.34. The Hall–Kier alpha value is -3.46. The van der Waals surface area contributed by atoms with Gasteiger partial charge in [-0.2, -0.15) is 9.78 Å². The van der Waals surface area contributed by atoms with Crippen LogP contribution >= 0.6 is 0 Å². The number of hydrogen-bond donors (Lipinski definition) is 0. The maximum Gasteiger partial charge on any atom is 0.187 e. The minimum absolute atomic E-state index is 0.474. The predicted octanol–water partition coefficient (Wildman–Crippen LogP) is 2.20. The molecule has 0 unspecified atom stereocenters. The van der Waals surface area contributed by atoms with Crippen molar-refractivity contribution >= 4 is 17.4 Å². The molecule has 0 amide bonds. The van der Waals surface area contributed by atoms with Crippen molar-refractivity contribution < 1.29 is 0 Å². The van der Waals surface area contributed by atoms with E-state index in [1.165, 1.54) is 5.56 Å². The van der Waals surface area contributed by atoms with E-state index in [9.17, 15) is 0 Å². The molecule has 5 heterocycles. The molecule has 4 aromatic rings. The number of aromatic nitrogens is 7. The van der Waals surface area contributed by atoms with Crippen molar-refractivity contribution in [2.24, 2.45) is 4.99 Å². The van der Waals surface area contributed by atoms with Gasteiger partial charge >= 0.3 is 0 Å². The van der Waals surface area contributed by atoms with E-state index < -0.39 is 0 Å². The van der Waals surface area contributed by atoms with Crippen LogP contribution in [0.4, 0.5) is 0 Å². The molecule has 0 saturated carbocycles. The summed E-state index contributed by atoms with van der Waals surface area (Å²) in [6, 6.07) is 6.68. The van der Waals surface area contributed by atoms with Crippen LogP contribution in [-0.4, -0.2) is 66.0 Å². The Morgan fingerprint density at radius 1 is 1.13 bits per heavy atom. The monoisotopic (exact) mass is 413 g/mol. The number of fused-ring (bicyclic) bond motifs is 2. The number of rotatable bonds is 4. The van der Waals surface area contributed by atoms with E-state index in [0.717, 1.165) is 55.1 Å². The first-order valence-electron chi connectivity index (χ1n) is 10.6. The first-order chi connectivity index (χ1) is 15.2. The van der Waals surface area contributed by atoms with Gasteiger partial charge in [0.05, 0.1) is 30.7 Å². The van der Waals surface area contributed by atoms with Gasteiger partial charge in [-0.3, -0.25) is 9.67 Å². The molecule has 6 rings (SSSR count). The van der Waals surface area contributed by atoms with E-state index in [-0.39, 0.29) is 0 Å². The Morgan fingerprint density at radius 2 is 2.03 bits per heavy atom. The zero-order chi connectivity index (χ0) is 20.8. The van der Waals surface area contributed by atoms with Crippen LogP contribution in [0.15, 0.2) is 41.8 Å². The normalized spacial score (nSPS) is 16.9.